The minimum absolute atomic E-state index is 0.0197. The van der Waals surface area contributed by atoms with Gasteiger partial charge in [-0.1, -0.05) is 36.4 Å². The van der Waals surface area contributed by atoms with Crippen LogP contribution in [0.25, 0.3) is 11.4 Å². The lowest BCUT2D eigenvalue weighted by atomic mass is 10.1. The van der Waals surface area contributed by atoms with E-state index in [1.54, 1.807) is 12.1 Å². The number of benzene rings is 1. The van der Waals surface area contributed by atoms with Gasteiger partial charge in [-0.05, 0) is 6.07 Å². The van der Waals surface area contributed by atoms with E-state index in [1.165, 1.54) is 6.20 Å². The predicted molar refractivity (Wildman–Crippen MR) is 101 cm³/mol. The van der Waals surface area contributed by atoms with Crippen LogP contribution in [0.4, 0.5) is 13.2 Å². The van der Waals surface area contributed by atoms with Crippen LogP contribution in [-0.4, -0.2) is 39.2 Å². The molecule has 2 aromatic heterocycles. The Balaban J connectivity index is 1.46. The van der Waals surface area contributed by atoms with Gasteiger partial charge in [-0.15, -0.1) is 0 Å². The normalized spacial score (nSPS) is 14.4. The van der Waals surface area contributed by atoms with E-state index in [2.05, 4.69) is 14.9 Å². The number of hydrogen-bond donors (Lipinski definition) is 0. The van der Waals surface area contributed by atoms with Crippen LogP contribution >= 0.6 is 0 Å². The third-order valence-corrected chi connectivity index (χ3v) is 4.66. The van der Waals surface area contributed by atoms with Crippen molar-refractivity contribution in [1.82, 2.24) is 19.9 Å². The van der Waals surface area contributed by atoms with Crippen molar-refractivity contribution < 1.29 is 17.9 Å². The van der Waals surface area contributed by atoms with Crippen LogP contribution in [0.5, 0.6) is 5.88 Å². The van der Waals surface area contributed by atoms with Crippen LogP contribution in [0.1, 0.15) is 16.8 Å². The van der Waals surface area contributed by atoms with E-state index >= 15 is 0 Å². The van der Waals surface area contributed by atoms with Gasteiger partial charge in [0.25, 0.3) is 0 Å². The lowest BCUT2D eigenvalue weighted by Gasteiger charge is -2.28. The highest BCUT2D eigenvalue weighted by atomic mass is 19.4. The first-order chi connectivity index (χ1) is 14.0. The monoisotopic (exact) mass is 400 g/mol. The fourth-order valence-electron chi connectivity index (χ4n) is 3.30. The molecule has 0 aliphatic carbocycles. The van der Waals surface area contributed by atoms with Crippen molar-refractivity contribution in [2.45, 2.75) is 25.7 Å². The summed E-state index contributed by atoms with van der Waals surface area (Å²) in [6.07, 6.45) is -0.385. The summed E-state index contributed by atoms with van der Waals surface area (Å²) in [4.78, 5) is 15.3. The first-order valence-corrected chi connectivity index (χ1v) is 9.24. The number of pyridine rings is 1. The molecule has 8 heteroatoms. The number of alkyl halides is 3. The van der Waals surface area contributed by atoms with Crippen molar-refractivity contribution in [2.75, 3.05) is 13.2 Å². The molecule has 3 heterocycles. The topological polar surface area (TPSA) is 51.1 Å². The highest BCUT2D eigenvalue weighted by molar-refractivity contribution is 5.54. The molecule has 0 unspecified atom stereocenters. The molecule has 0 saturated carbocycles. The van der Waals surface area contributed by atoms with Crippen molar-refractivity contribution in [3.63, 3.8) is 0 Å². The van der Waals surface area contributed by atoms with Crippen LogP contribution in [0.3, 0.4) is 0 Å². The molecule has 0 fully saturated rings. The smallest absolute Gasteiger partial charge is 0.422 e. The molecule has 1 aliphatic rings. The van der Waals surface area contributed by atoms with Crippen molar-refractivity contribution in [3.05, 3.63) is 71.7 Å². The summed E-state index contributed by atoms with van der Waals surface area (Å²) in [7, 11) is 0. The van der Waals surface area contributed by atoms with E-state index in [9.17, 15) is 13.2 Å². The highest BCUT2D eigenvalue weighted by Crippen LogP contribution is 2.25. The maximum atomic E-state index is 12.5. The lowest BCUT2D eigenvalue weighted by molar-refractivity contribution is -0.154. The summed E-state index contributed by atoms with van der Waals surface area (Å²) in [5.74, 6) is 0.721. The molecule has 0 saturated heterocycles. The molecule has 29 heavy (non-hydrogen) atoms. The van der Waals surface area contributed by atoms with Gasteiger partial charge in [0.05, 0.1) is 5.69 Å². The Hall–Kier alpha value is -3.00. The molecule has 4 rings (SSSR count). The molecule has 5 nitrogen and oxygen atoms in total. The molecule has 150 valence electrons. The van der Waals surface area contributed by atoms with E-state index < -0.39 is 12.8 Å². The highest BCUT2D eigenvalue weighted by Gasteiger charge is 2.29. The van der Waals surface area contributed by atoms with Crippen molar-refractivity contribution >= 4 is 0 Å². The minimum atomic E-state index is -4.40. The lowest BCUT2D eigenvalue weighted by Crippen LogP contribution is -2.31. The summed E-state index contributed by atoms with van der Waals surface area (Å²) >= 11 is 0. The predicted octanol–water partition coefficient (Wildman–Crippen LogP) is 4.04. The SMILES string of the molecule is FC(F)(F)COc1ncccc1CN1CCc2nc(-c3ccccc3)ncc2C1. The third kappa shape index (κ3) is 4.89. The molecule has 0 radical (unpaired) electrons. The summed E-state index contributed by atoms with van der Waals surface area (Å²) in [6, 6.07) is 13.2. The number of fused-ring (bicyclic) bond motifs is 1. The van der Waals surface area contributed by atoms with Gasteiger partial charge >= 0.3 is 6.18 Å². The fourth-order valence-corrected chi connectivity index (χ4v) is 3.30. The standard InChI is InChI=1S/C21H19F3N4O/c22-21(23,24)14-29-20-16(7-4-9-25-20)12-28-10-8-18-17(13-28)11-26-19(27-18)15-5-2-1-3-6-15/h1-7,9,11H,8,10,12-14H2. The van der Waals surface area contributed by atoms with E-state index in [0.717, 1.165) is 29.8 Å². The molecule has 1 aliphatic heterocycles. The maximum Gasteiger partial charge on any atom is 0.422 e. The Morgan fingerprint density at radius 1 is 1.03 bits per heavy atom. The summed E-state index contributed by atoms with van der Waals surface area (Å²) in [5.41, 5.74) is 3.63. The average molecular weight is 400 g/mol. The molecule has 0 bridgehead atoms. The first-order valence-electron chi connectivity index (χ1n) is 9.24. The van der Waals surface area contributed by atoms with Gasteiger partial charge in [-0.3, -0.25) is 4.90 Å². The Morgan fingerprint density at radius 2 is 1.86 bits per heavy atom. The average Bonchev–Trinajstić information content (AvgIpc) is 2.73. The summed E-state index contributed by atoms with van der Waals surface area (Å²) in [5, 5.41) is 0. The number of hydrogen-bond acceptors (Lipinski definition) is 5. The van der Waals surface area contributed by atoms with Crippen molar-refractivity contribution in [2.24, 2.45) is 0 Å². The number of ether oxygens (including phenoxy) is 1. The Kier molecular flexibility index (Phi) is 5.44. The second kappa shape index (κ2) is 8.16. The van der Waals surface area contributed by atoms with Crippen LogP contribution in [0, 0.1) is 0 Å². The minimum Gasteiger partial charge on any atom is -0.468 e. The van der Waals surface area contributed by atoms with Crippen LogP contribution < -0.4 is 4.74 Å². The molecule has 0 spiro atoms. The van der Waals surface area contributed by atoms with Crippen LogP contribution in [0.2, 0.25) is 0 Å². The zero-order valence-corrected chi connectivity index (χ0v) is 15.6. The van der Waals surface area contributed by atoms with E-state index in [-0.39, 0.29) is 5.88 Å². The van der Waals surface area contributed by atoms with Gasteiger partial charge in [0.1, 0.15) is 0 Å². The summed E-state index contributed by atoms with van der Waals surface area (Å²) in [6.45, 7) is 0.459. The van der Waals surface area contributed by atoms with Crippen molar-refractivity contribution in [3.8, 4) is 17.3 Å². The molecular weight excluding hydrogens is 381 g/mol. The number of rotatable bonds is 5. The number of aromatic nitrogens is 3. The van der Waals surface area contributed by atoms with Gasteiger partial charge in [-0.25, -0.2) is 15.0 Å². The second-order valence-electron chi connectivity index (χ2n) is 6.86. The van der Waals surface area contributed by atoms with Gasteiger partial charge in [-0.2, -0.15) is 13.2 Å². The van der Waals surface area contributed by atoms with E-state index in [1.807, 2.05) is 36.5 Å². The largest absolute Gasteiger partial charge is 0.468 e. The first kappa shape index (κ1) is 19.3. The number of nitrogens with zero attached hydrogens (tertiary/aromatic N) is 4. The van der Waals surface area contributed by atoms with Gasteiger partial charge in [0, 0.05) is 55.1 Å². The fraction of sp³-hybridized carbons (Fsp3) is 0.286. The van der Waals surface area contributed by atoms with Crippen LogP contribution in [-0.2, 0) is 19.5 Å². The van der Waals surface area contributed by atoms with E-state index in [0.29, 0.717) is 24.5 Å². The molecule has 0 N–H and O–H groups in total. The molecular formula is C21H19F3N4O. The molecule has 1 aromatic carbocycles. The van der Waals surface area contributed by atoms with Gasteiger partial charge in [0.15, 0.2) is 12.4 Å². The Bertz CT molecular complexity index is 979. The zero-order valence-electron chi connectivity index (χ0n) is 15.6. The molecule has 3 aromatic rings. The van der Waals surface area contributed by atoms with E-state index in [4.69, 9.17) is 9.72 Å². The Labute approximate surface area is 166 Å². The Morgan fingerprint density at radius 3 is 2.66 bits per heavy atom. The maximum absolute atomic E-state index is 12.5. The van der Waals surface area contributed by atoms with Crippen LogP contribution in [0.15, 0.2) is 54.9 Å². The molecule has 0 atom stereocenters. The molecule has 0 amide bonds. The van der Waals surface area contributed by atoms with Crippen molar-refractivity contribution in [1.29, 1.82) is 0 Å². The number of halogens is 3. The third-order valence-electron chi connectivity index (χ3n) is 4.66. The van der Waals surface area contributed by atoms with Gasteiger partial charge < -0.3 is 4.74 Å². The zero-order chi connectivity index (χ0) is 20.3. The van der Waals surface area contributed by atoms with Gasteiger partial charge in [0.2, 0.25) is 5.88 Å². The second-order valence-corrected chi connectivity index (χ2v) is 6.86. The quantitative estimate of drug-likeness (QED) is 0.647. The summed E-state index contributed by atoms with van der Waals surface area (Å²) < 4.78 is 42.3.